The number of amides is 2. The summed E-state index contributed by atoms with van der Waals surface area (Å²) in [6.07, 6.45) is 0. The zero-order valence-corrected chi connectivity index (χ0v) is 18.4. The lowest BCUT2D eigenvalue weighted by molar-refractivity contribution is -0.123. The van der Waals surface area contributed by atoms with Crippen LogP contribution in [0.25, 0.3) is 0 Å². The normalized spacial score (nSPS) is 10.3. The second-order valence-corrected chi connectivity index (χ2v) is 7.31. The minimum atomic E-state index is -0.427. The summed E-state index contributed by atoms with van der Waals surface area (Å²) >= 11 is 5.04. The fraction of sp³-hybridized carbons (Fsp3) is 0.318. The molecule has 7 nitrogen and oxygen atoms in total. The third kappa shape index (κ3) is 7.04. The van der Waals surface area contributed by atoms with Crippen molar-refractivity contribution in [2.45, 2.75) is 33.6 Å². The Labute approximate surface area is 182 Å². The number of nitrogens with one attached hydrogen (secondary N) is 3. The maximum atomic E-state index is 12.2. The molecule has 0 bridgehead atoms. The van der Waals surface area contributed by atoms with Crippen molar-refractivity contribution in [1.29, 1.82) is 0 Å². The summed E-state index contributed by atoms with van der Waals surface area (Å²) in [5.74, 6) is 0.793. The molecule has 0 saturated heterocycles. The van der Waals surface area contributed by atoms with E-state index in [1.807, 2.05) is 32.0 Å². The Balaban J connectivity index is 1.80. The van der Waals surface area contributed by atoms with Gasteiger partial charge in [-0.3, -0.25) is 25.8 Å². The molecule has 0 radical (unpaired) electrons. The molecule has 160 valence electrons. The molecule has 0 atom stereocenters. The second-order valence-electron chi connectivity index (χ2n) is 6.90. The summed E-state index contributed by atoms with van der Waals surface area (Å²) in [5.41, 5.74) is 7.39. The average Bonchev–Trinajstić information content (AvgIpc) is 2.71. The van der Waals surface area contributed by atoms with Crippen LogP contribution in [0.2, 0.25) is 0 Å². The Kier molecular flexibility index (Phi) is 8.61. The monoisotopic (exact) mass is 429 g/mol. The first-order valence-electron chi connectivity index (χ1n) is 9.66. The lowest BCUT2D eigenvalue weighted by Gasteiger charge is -2.15. The van der Waals surface area contributed by atoms with Crippen molar-refractivity contribution < 1.29 is 19.1 Å². The maximum absolute atomic E-state index is 12.2. The van der Waals surface area contributed by atoms with Crippen molar-refractivity contribution in [2.75, 3.05) is 13.2 Å². The Morgan fingerprint density at radius 2 is 1.73 bits per heavy atom. The SMILES string of the molecule is CCOc1ccc(C(=O)NC(=S)NNC(=O)COc2cc(C)ccc2C(C)C)cc1. The van der Waals surface area contributed by atoms with Crippen LogP contribution in [0.5, 0.6) is 11.5 Å². The molecule has 0 aromatic heterocycles. The van der Waals surface area contributed by atoms with Crippen molar-refractivity contribution in [3.63, 3.8) is 0 Å². The zero-order valence-electron chi connectivity index (χ0n) is 17.6. The van der Waals surface area contributed by atoms with Gasteiger partial charge in [-0.2, -0.15) is 0 Å². The molecule has 8 heteroatoms. The van der Waals surface area contributed by atoms with Gasteiger partial charge in [0.2, 0.25) is 0 Å². The first-order chi connectivity index (χ1) is 14.3. The van der Waals surface area contributed by atoms with E-state index in [1.54, 1.807) is 24.3 Å². The number of hydrazine groups is 1. The Bertz CT molecular complexity index is 898. The molecular formula is C22H27N3O4S. The number of aryl methyl sites for hydroxylation is 1. The van der Waals surface area contributed by atoms with E-state index in [0.717, 1.165) is 11.1 Å². The van der Waals surface area contributed by atoms with E-state index >= 15 is 0 Å². The van der Waals surface area contributed by atoms with Crippen molar-refractivity contribution >= 4 is 29.1 Å². The van der Waals surface area contributed by atoms with Crippen LogP contribution >= 0.6 is 12.2 Å². The van der Waals surface area contributed by atoms with Gasteiger partial charge in [0.05, 0.1) is 6.61 Å². The topological polar surface area (TPSA) is 88.7 Å². The molecule has 0 saturated carbocycles. The predicted molar refractivity (Wildman–Crippen MR) is 120 cm³/mol. The van der Waals surface area contributed by atoms with Gasteiger partial charge in [-0.25, -0.2) is 0 Å². The van der Waals surface area contributed by atoms with Crippen molar-refractivity contribution in [3.05, 3.63) is 59.2 Å². The minimum Gasteiger partial charge on any atom is -0.494 e. The quantitative estimate of drug-likeness (QED) is 0.463. The van der Waals surface area contributed by atoms with Crippen LogP contribution in [-0.2, 0) is 4.79 Å². The van der Waals surface area contributed by atoms with E-state index in [0.29, 0.717) is 23.7 Å². The molecule has 2 rings (SSSR count). The highest BCUT2D eigenvalue weighted by atomic mass is 32.1. The summed E-state index contributed by atoms with van der Waals surface area (Å²) < 4.78 is 11.0. The Morgan fingerprint density at radius 3 is 2.37 bits per heavy atom. The van der Waals surface area contributed by atoms with Gasteiger partial charge in [-0.1, -0.05) is 26.0 Å². The molecule has 0 spiro atoms. The van der Waals surface area contributed by atoms with Crippen LogP contribution < -0.4 is 25.6 Å². The fourth-order valence-electron chi connectivity index (χ4n) is 2.63. The molecule has 0 aliphatic carbocycles. The number of benzene rings is 2. The van der Waals surface area contributed by atoms with Gasteiger partial charge in [0.25, 0.3) is 11.8 Å². The van der Waals surface area contributed by atoms with Gasteiger partial charge in [-0.15, -0.1) is 0 Å². The van der Waals surface area contributed by atoms with Gasteiger partial charge in [0, 0.05) is 5.56 Å². The first-order valence-corrected chi connectivity index (χ1v) is 10.1. The van der Waals surface area contributed by atoms with Gasteiger partial charge in [0.15, 0.2) is 11.7 Å². The summed E-state index contributed by atoms with van der Waals surface area (Å²) in [7, 11) is 0. The molecule has 2 amide bonds. The van der Waals surface area contributed by atoms with Crippen LogP contribution in [-0.4, -0.2) is 30.1 Å². The van der Waals surface area contributed by atoms with Gasteiger partial charge >= 0.3 is 0 Å². The van der Waals surface area contributed by atoms with Crippen LogP contribution in [0.3, 0.4) is 0 Å². The molecule has 2 aromatic rings. The van der Waals surface area contributed by atoms with Crippen LogP contribution in [0.15, 0.2) is 42.5 Å². The Hall–Kier alpha value is -3.13. The van der Waals surface area contributed by atoms with E-state index in [2.05, 4.69) is 30.0 Å². The smallest absolute Gasteiger partial charge is 0.276 e. The van der Waals surface area contributed by atoms with Crippen molar-refractivity contribution in [1.82, 2.24) is 16.2 Å². The van der Waals surface area contributed by atoms with E-state index in [-0.39, 0.29) is 17.6 Å². The highest BCUT2D eigenvalue weighted by Gasteiger charge is 2.12. The van der Waals surface area contributed by atoms with Crippen molar-refractivity contribution in [2.24, 2.45) is 0 Å². The molecule has 0 unspecified atom stereocenters. The second kappa shape index (κ2) is 11.2. The van der Waals surface area contributed by atoms with E-state index < -0.39 is 11.8 Å². The molecule has 2 aromatic carbocycles. The highest BCUT2D eigenvalue weighted by Crippen LogP contribution is 2.27. The van der Waals surface area contributed by atoms with Crippen LogP contribution in [0.4, 0.5) is 0 Å². The number of carbonyl (C=O) groups excluding carboxylic acids is 2. The molecule has 0 heterocycles. The Morgan fingerprint density at radius 1 is 1.03 bits per heavy atom. The largest absolute Gasteiger partial charge is 0.494 e. The molecule has 0 aliphatic rings. The number of hydrogen-bond acceptors (Lipinski definition) is 5. The first kappa shape index (κ1) is 23.2. The average molecular weight is 430 g/mol. The third-order valence-corrected chi connectivity index (χ3v) is 4.32. The number of thiocarbonyl (C=S) groups is 1. The van der Waals surface area contributed by atoms with E-state index in [4.69, 9.17) is 21.7 Å². The van der Waals surface area contributed by atoms with E-state index in [9.17, 15) is 9.59 Å². The van der Waals surface area contributed by atoms with E-state index in [1.165, 1.54) is 0 Å². The highest BCUT2D eigenvalue weighted by molar-refractivity contribution is 7.80. The molecular weight excluding hydrogens is 402 g/mol. The lowest BCUT2D eigenvalue weighted by Crippen LogP contribution is -2.49. The summed E-state index contributed by atoms with van der Waals surface area (Å²) in [4.78, 5) is 24.3. The van der Waals surface area contributed by atoms with Gasteiger partial charge in [0.1, 0.15) is 11.5 Å². The number of rotatable bonds is 7. The number of ether oxygens (including phenoxy) is 2. The van der Waals surface area contributed by atoms with Crippen molar-refractivity contribution in [3.8, 4) is 11.5 Å². The number of carbonyl (C=O) groups is 2. The molecule has 3 N–H and O–H groups in total. The van der Waals surface area contributed by atoms with Gasteiger partial charge < -0.3 is 9.47 Å². The zero-order chi connectivity index (χ0) is 22.1. The van der Waals surface area contributed by atoms with Crippen LogP contribution in [0.1, 0.15) is 48.2 Å². The summed E-state index contributed by atoms with van der Waals surface area (Å²) in [6, 6.07) is 12.6. The lowest BCUT2D eigenvalue weighted by atomic mass is 10.0. The standard InChI is InChI=1S/C22H27N3O4S/c1-5-28-17-9-7-16(8-10-17)21(27)23-22(30)25-24-20(26)13-29-19-12-15(4)6-11-18(19)14(2)3/h6-12,14H,5,13H2,1-4H3,(H,24,26)(H2,23,25,27,30). The molecule has 30 heavy (non-hydrogen) atoms. The molecule has 0 fully saturated rings. The fourth-order valence-corrected chi connectivity index (χ4v) is 2.77. The maximum Gasteiger partial charge on any atom is 0.276 e. The minimum absolute atomic E-state index is 0.0272. The van der Waals surface area contributed by atoms with Gasteiger partial charge in [-0.05, 0) is 73.4 Å². The predicted octanol–water partition coefficient (Wildman–Crippen LogP) is 3.23. The summed E-state index contributed by atoms with van der Waals surface area (Å²) in [5, 5.41) is 2.47. The van der Waals surface area contributed by atoms with Crippen LogP contribution in [0, 0.1) is 6.92 Å². The summed E-state index contributed by atoms with van der Waals surface area (Å²) in [6.45, 7) is 8.32. The number of hydrogen-bond donors (Lipinski definition) is 3. The third-order valence-electron chi connectivity index (χ3n) is 4.12. The molecule has 0 aliphatic heterocycles.